The summed E-state index contributed by atoms with van der Waals surface area (Å²) in [6, 6.07) is 22.2. The van der Waals surface area contributed by atoms with Crippen molar-refractivity contribution in [3.63, 3.8) is 0 Å². The number of fused-ring (bicyclic) bond motifs is 1. The number of nitrogens with zero attached hydrogens (tertiary/aromatic N) is 1. The fraction of sp³-hybridized carbons (Fsp3) is 0.152. The van der Waals surface area contributed by atoms with E-state index < -0.39 is 18.5 Å². The third-order valence-electron chi connectivity index (χ3n) is 6.66. The largest absolute Gasteiger partial charge is 0.490 e. The highest BCUT2D eigenvalue weighted by atomic mass is 35.5. The minimum absolute atomic E-state index is 0.0742. The predicted molar refractivity (Wildman–Crippen MR) is 172 cm³/mol. The molecule has 5 rings (SSSR count). The second-order valence-electron chi connectivity index (χ2n) is 9.63. The van der Waals surface area contributed by atoms with Crippen molar-refractivity contribution >= 4 is 52.4 Å². The molecule has 230 valence electrons. The van der Waals surface area contributed by atoms with Crippen molar-refractivity contribution in [2.45, 2.75) is 19.4 Å². The van der Waals surface area contributed by atoms with Crippen LogP contribution in [0.15, 0.2) is 84.3 Å². The molecule has 1 unspecified atom stereocenters. The Balaban J connectivity index is 1.37. The number of benzene rings is 4. The minimum atomic E-state index is -0.675. The van der Waals surface area contributed by atoms with E-state index in [1.807, 2.05) is 13.0 Å². The van der Waals surface area contributed by atoms with Gasteiger partial charge in [0.1, 0.15) is 35.5 Å². The molecule has 0 bridgehead atoms. The van der Waals surface area contributed by atoms with Gasteiger partial charge in [-0.3, -0.25) is 0 Å². The van der Waals surface area contributed by atoms with Crippen LogP contribution >= 0.6 is 46.4 Å². The Morgan fingerprint density at radius 2 is 1.60 bits per heavy atom. The van der Waals surface area contributed by atoms with Crippen LogP contribution in [0.5, 0.6) is 28.7 Å². The maximum atomic E-state index is 12.5. The first-order chi connectivity index (χ1) is 21.7. The van der Waals surface area contributed by atoms with Gasteiger partial charge in [-0.15, -0.1) is 0 Å². The zero-order valence-electron chi connectivity index (χ0n) is 23.6. The highest BCUT2D eigenvalue weighted by Gasteiger charge is 2.32. The van der Waals surface area contributed by atoms with Gasteiger partial charge in [0.2, 0.25) is 5.88 Å². The molecule has 0 saturated heterocycles. The van der Waals surface area contributed by atoms with E-state index in [9.17, 15) is 10.1 Å². The number of halogens is 4. The molecule has 8 nitrogen and oxygen atoms in total. The summed E-state index contributed by atoms with van der Waals surface area (Å²) >= 11 is 24.3. The number of nitrogens with two attached hydrogens (primary N) is 1. The second-order valence-corrected chi connectivity index (χ2v) is 11.3. The van der Waals surface area contributed by atoms with Gasteiger partial charge in [-0.1, -0.05) is 64.6 Å². The van der Waals surface area contributed by atoms with Gasteiger partial charge in [-0.05, 0) is 61.0 Å². The van der Waals surface area contributed by atoms with E-state index in [1.165, 1.54) is 12.1 Å². The van der Waals surface area contributed by atoms with Crippen molar-refractivity contribution in [2.24, 2.45) is 5.73 Å². The SMILES string of the molecule is CCOc1cc(C2C(C#N)=C(N)Oc3cc(OC(=O)COc4ccc(Cl)cc4Cl)ccc32)ccc1OCc1ccc(Cl)cc1Cl. The van der Waals surface area contributed by atoms with Crippen molar-refractivity contribution in [3.8, 4) is 34.8 Å². The van der Waals surface area contributed by atoms with Crippen LogP contribution in [-0.4, -0.2) is 19.2 Å². The van der Waals surface area contributed by atoms with E-state index in [1.54, 1.807) is 54.6 Å². The van der Waals surface area contributed by atoms with Crippen LogP contribution in [0, 0.1) is 11.3 Å². The molecule has 1 aliphatic heterocycles. The Morgan fingerprint density at radius 1 is 0.867 bits per heavy atom. The van der Waals surface area contributed by atoms with Crippen molar-refractivity contribution in [1.82, 2.24) is 0 Å². The lowest BCUT2D eigenvalue weighted by Crippen LogP contribution is -2.22. The first-order valence-corrected chi connectivity index (χ1v) is 15.0. The monoisotopic (exact) mass is 684 g/mol. The molecule has 1 aliphatic rings. The topological polar surface area (TPSA) is 113 Å². The summed E-state index contributed by atoms with van der Waals surface area (Å²) in [7, 11) is 0. The summed E-state index contributed by atoms with van der Waals surface area (Å²) in [5, 5.41) is 11.7. The van der Waals surface area contributed by atoms with Gasteiger partial charge in [-0.2, -0.15) is 5.26 Å². The van der Waals surface area contributed by atoms with Gasteiger partial charge in [-0.25, -0.2) is 4.79 Å². The van der Waals surface area contributed by atoms with Crippen molar-refractivity contribution in [2.75, 3.05) is 13.2 Å². The van der Waals surface area contributed by atoms with E-state index in [0.717, 1.165) is 5.56 Å². The Morgan fingerprint density at radius 3 is 2.31 bits per heavy atom. The molecule has 2 N–H and O–H groups in total. The van der Waals surface area contributed by atoms with Crippen LogP contribution in [0.4, 0.5) is 0 Å². The number of hydrogen-bond acceptors (Lipinski definition) is 8. The predicted octanol–water partition coefficient (Wildman–Crippen LogP) is 8.48. The van der Waals surface area contributed by atoms with Crippen molar-refractivity contribution in [3.05, 3.63) is 121 Å². The number of carbonyl (C=O) groups excluding carboxylic acids is 1. The average molecular weight is 686 g/mol. The maximum Gasteiger partial charge on any atom is 0.349 e. The van der Waals surface area contributed by atoms with Gasteiger partial charge >= 0.3 is 5.97 Å². The Labute approximate surface area is 279 Å². The Bertz CT molecular complexity index is 1840. The Kier molecular flexibility index (Phi) is 10.2. The smallest absolute Gasteiger partial charge is 0.349 e. The number of ether oxygens (including phenoxy) is 5. The van der Waals surface area contributed by atoms with Crippen LogP contribution in [0.1, 0.15) is 29.5 Å². The van der Waals surface area contributed by atoms with Gasteiger partial charge in [0.15, 0.2) is 18.1 Å². The molecule has 0 aromatic heterocycles. The number of nitriles is 1. The van der Waals surface area contributed by atoms with E-state index in [0.29, 0.717) is 50.1 Å². The summed E-state index contributed by atoms with van der Waals surface area (Å²) in [4.78, 5) is 12.5. The van der Waals surface area contributed by atoms with Gasteiger partial charge in [0.05, 0.1) is 17.5 Å². The zero-order valence-corrected chi connectivity index (χ0v) is 26.6. The fourth-order valence-corrected chi connectivity index (χ4v) is 5.54. The van der Waals surface area contributed by atoms with Crippen molar-refractivity contribution in [1.29, 1.82) is 5.26 Å². The molecule has 0 amide bonds. The van der Waals surface area contributed by atoms with Crippen LogP contribution in [-0.2, 0) is 11.4 Å². The zero-order chi connectivity index (χ0) is 32.1. The maximum absolute atomic E-state index is 12.5. The molecule has 45 heavy (non-hydrogen) atoms. The fourth-order valence-electron chi connectivity index (χ4n) is 4.62. The third-order valence-corrected chi connectivity index (χ3v) is 7.78. The number of esters is 1. The summed E-state index contributed by atoms with van der Waals surface area (Å²) in [6.45, 7) is 2.01. The Hall–Kier alpha value is -4.26. The minimum Gasteiger partial charge on any atom is -0.490 e. The normalized spacial score (nSPS) is 13.7. The highest BCUT2D eigenvalue weighted by molar-refractivity contribution is 6.35. The van der Waals surface area contributed by atoms with Crippen LogP contribution < -0.4 is 29.4 Å². The molecular formula is C33H24Cl4N2O6. The van der Waals surface area contributed by atoms with E-state index >= 15 is 0 Å². The molecule has 4 aromatic carbocycles. The molecule has 4 aromatic rings. The highest BCUT2D eigenvalue weighted by Crippen LogP contribution is 2.45. The molecule has 0 fully saturated rings. The number of hydrogen-bond donors (Lipinski definition) is 1. The summed E-state index contributed by atoms with van der Waals surface area (Å²) in [5.74, 6) is 0.400. The molecule has 0 aliphatic carbocycles. The molecule has 1 atom stereocenters. The molecular weight excluding hydrogens is 662 g/mol. The second kappa shape index (κ2) is 14.2. The average Bonchev–Trinajstić information content (AvgIpc) is 3.00. The summed E-state index contributed by atoms with van der Waals surface area (Å²) < 4.78 is 28.6. The van der Waals surface area contributed by atoms with Crippen LogP contribution in [0.2, 0.25) is 20.1 Å². The summed E-state index contributed by atoms with van der Waals surface area (Å²) in [5.41, 5.74) is 8.50. The number of rotatable bonds is 10. The molecule has 1 heterocycles. The van der Waals surface area contributed by atoms with Crippen LogP contribution in [0.3, 0.4) is 0 Å². The molecule has 12 heteroatoms. The van der Waals surface area contributed by atoms with Crippen LogP contribution in [0.25, 0.3) is 0 Å². The summed E-state index contributed by atoms with van der Waals surface area (Å²) in [6.07, 6.45) is 0. The number of carbonyl (C=O) groups is 1. The standard InChI is InChI=1S/C33H24Cl4N2O6/c1-2-41-30-11-18(4-9-28(30)42-16-19-3-5-20(34)12-25(19)36)32-23-8-7-22(14-29(23)45-33(39)24(32)15-38)44-31(40)17-43-27-10-6-21(35)13-26(27)37/h3-14,32H,2,16-17,39H2,1H3. The van der Waals surface area contributed by atoms with E-state index in [-0.39, 0.29) is 34.6 Å². The third kappa shape index (κ3) is 7.52. The van der Waals surface area contributed by atoms with Gasteiger partial charge in [0, 0.05) is 32.3 Å². The molecule has 0 spiro atoms. The first-order valence-electron chi connectivity index (χ1n) is 13.5. The quantitative estimate of drug-likeness (QED) is 0.131. The van der Waals surface area contributed by atoms with Gasteiger partial charge in [0.25, 0.3) is 0 Å². The van der Waals surface area contributed by atoms with Crippen molar-refractivity contribution < 1.29 is 28.5 Å². The lowest BCUT2D eigenvalue weighted by atomic mass is 9.83. The van der Waals surface area contributed by atoms with Gasteiger partial charge < -0.3 is 29.4 Å². The lowest BCUT2D eigenvalue weighted by Gasteiger charge is -2.27. The molecule has 0 saturated carbocycles. The van der Waals surface area contributed by atoms with E-state index in [4.69, 9.17) is 75.8 Å². The molecule has 0 radical (unpaired) electrons. The first kappa shape index (κ1) is 32.1. The van der Waals surface area contributed by atoms with E-state index in [2.05, 4.69) is 6.07 Å². The number of allylic oxidation sites excluding steroid dienone is 1. The lowest BCUT2D eigenvalue weighted by molar-refractivity contribution is -0.136.